The first-order valence-electron chi connectivity index (χ1n) is 9.96. The Morgan fingerprint density at radius 1 is 1.10 bits per heavy atom. The number of para-hydroxylation sites is 1. The summed E-state index contributed by atoms with van der Waals surface area (Å²) < 4.78 is 5.65. The van der Waals surface area contributed by atoms with Crippen LogP contribution in [-0.2, 0) is 16.1 Å². The van der Waals surface area contributed by atoms with Gasteiger partial charge in [-0.25, -0.2) is 0 Å². The number of carbonyl (C=O) groups is 2. The van der Waals surface area contributed by atoms with Crippen molar-refractivity contribution in [2.45, 2.75) is 46.2 Å². The van der Waals surface area contributed by atoms with Gasteiger partial charge in [0.05, 0.1) is 5.02 Å². The van der Waals surface area contributed by atoms with E-state index in [1.54, 1.807) is 29.2 Å². The average molecular weight is 417 g/mol. The van der Waals surface area contributed by atoms with Gasteiger partial charge in [0.15, 0.2) is 6.61 Å². The summed E-state index contributed by atoms with van der Waals surface area (Å²) in [6.07, 6.45) is 1.35. The highest BCUT2D eigenvalue weighted by Crippen LogP contribution is 2.23. The molecule has 0 aliphatic carbocycles. The molecule has 0 bridgehead atoms. The van der Waals surface area contributed by atoms with Crippen LogP contribution in [0.25, 0.3) is 0 Å². The molecule has 5 nitrogen and oxygen atoms in total. The molecular weight excluding hydrogens is 388 g/mol. The van der Waals surface area contributed by atoms with Crippen LogP contribution in [0.1, 0.15) is 37.8 Å². The second-order valence-corrected chi connectivity index (χ2v) is 7.29. The van der Waals surface area contributed by atoms with E-state index in [1.165, 1.54) is 0 Å². The smallest absolute Gasteiger partial charge is 0.261 e. The first-order valence-corrected chi connectivity index (χ1v) is 10.3. The Kier molecular flexibility index (Phi) is 9.00. The van der Waals surface area contributed by atoms with Crippen LogP contribution in [0.2, 0.25) is 5.02 Å². The minimum atomic E-state index is -0.566. The van der Waals surface area contributed by atoms with Gasteiger partial charge in [-0.3, -0.25) is 9.59 Å². The third kappa shape index (κ3) is 6.50. The quantitative estimate of drug-likeness (QED) is 0.626. The van der Waals surface area contributed by atoms with Gasteiger partial charge in [-0.15, -0.1) is 0 Å². The number of carbonyl (C=O) groups excluding carboxylic acids is 2. The summed E-state index contributed by atoms with van der Waals surface area (Å²) in [6, 6.07) is 14.3. The third-order valence-corrected chi connectivity index (χ3v) is 5.04. The van der Waals surface area contributed by atoms with Crippen molar-refractivity contribution in [2.24, 2.45) is 0 Å². The molecule has 2 rings (SSSR count). The van der Waals surface area contributed by atoms with Crippen LogP contribution >= 0.6 is 11.6 Å². The van der Waals surface area contributed by atoms with Gasteiger partial charge in [-0.2, -0.15) is 0 Å². The molecule has 0 saturated carbocycles. The van der Waals surface area contributed by atoms with Crippen LogP contribution < -0.4 is 10.1 Å². The Labute approximate surface area is 178 Å². The van der Waals surface area contributed by atoms with Crippen molar-refractivity contribution in [1.82, 2.24) is 10.2 Å². The van der Waals surface area contributed by atoms with E-state index in [-0.39, 0.29) is 18.4 Å². The summed E-state index contributed by atoms with van der Waals surface area (Å²) in [4.78, 5) is 27.4. The van der Waals surface area contributed by atoms with Gasteiger partial charge in [0.2, 0.25) is 5.91 Å². The van der Waals surface area contributed by atoms with E-state index in [0.29, 0.717) is 30.3 Å². The molecule has 0 aliphatic rings. The van der Waals surface area contributed by atoms with Crippen LogP contribution in [0.4, 0.5) is 0 Å². The highest BCUT2D eigenvalue weighted by atomic mass is 35.5. The highest BCUT2D eigenvalue weighted by Gasteiger charge is 2.29. The molecule has 0 heterocycles. The summed E-state index contributed by atoms with van der Waals surface area (Å²) in [5.41, 5.74) is 2.07. The number of hydrogen-bond acceptors (Lipinski definition) is 3. The Morgan fingerprint density at radius 2 is 1.79 bits per heavy atom. The summed E-state index contributed by atoms with van der Waals surface area (Å²) in [5.74, 6) is 0.0440. The van der Waals surface area contributed by atoms with E-state index in [4.69, 9.17) is 16.3 Å². The summed E-state index contributed by atoms with van der Waals surface area (Å²) >= 11 is 6.12. The third-order valence-electron chi connectivity index (χ3n) is 4.72. The van der Waals surface area contributed by atoms with Crippen molar-refractivity contribution in [3.05, 3.63) is 64.7 Å². The topological polar surface area (TPSA) is 58.6 Å². The lowest BCUT2D eigenvalue weighted by atomic mass is 10.1. The number of ether oxygens (including phenoxy) is 1. The molecule has 0 aliphatic heterocycles. The van der Waals surface area contributed by atoms with E-state index in [1.807, 2.05) is 45.0 Å². The van der Waals surface area contributed by atoms with Gasteiger partial charge >= 0.3 is 0 Å². The summed E-state index contributed by atoms with van der Waals surface area (Å²) in [5, 5.41) is 3.35. The maximum Gasteiger partial charge on any atom is 0.261 e. The molecule has 2 aromatic carbocycles. The van der Waals surface area contributed by atoms with Crippen molar-refractivity contribution in [2.75, 3.05) is 13.2 Å². The van der Waals surface area contributed by atoms with Crippen LogP contribution in [0.3, 0.4) is 0 Å². The van der Waals surface area contributed by atoms with Crippen molar-refractivity contribution in [3.8, 4) is 5.75 Å². The predicted octanol–water partition coefficient (Wildman–Crippen LogP) is 4.36. The van der Waals surface area contributed by atoms with E-state index in [9.17, 15) is 9.59 Å². The standard InChI is InChI=1S/C23H29ClN2O3/c1-4-14-25-23(28)20(5-2)26(15-18-11-7-6-10-17(18)3)22(27)16-29-21-13-9-8-12-19(21)24/h6-13,20H,4-5,14-16H2,1-3H3,(H,25,28)/t20-/m1/s1. The maximum absolute atomic E-state index is 13.1. The molecule has 0 radical (unpaired) electrons. The SMILES string of the molecule is CCCNC(=O)[C@@H](CC)N(Cc1ccccc1C)C(=O)COc1ccccc1Cl. The number of nitrogens with zero attached hydrogens (tertiary/aromatic N) is 1. The van der Waals surface area contributed by atoms with E-state index in [0.717, 1.165) is 17.5 Å². The van der Waals surface area contributed by atoms with Gasteiger partial charge in [0.1, 0.15) is 11.8 Å². The van der Waals surface area contributed by atoms with Crippen molar-refractivity contribution in [1.29, 1.82) is 0 Å². The van der Waals surface area contributed by atoms with Gasteiger partial charge in [-0.05, 0) is 43.0 Å². The number of rotatable bonds is 10. The summed E-state index contributed by atoms with van der Waals surface area (Å²) in [7, 11) is 0. The zero-order chi connectivity index (χ0) is 21.2. The zero-order valence-electron chi connectivity index (χ0n) is 17.3. The monoisotopic (exact) mass is 416 g/mol. The van der Waals surface area contributed by atoms with E-state index < -0.39 is 6.04 Å². The van der Waals surface area contributed by atoms with Crippen molar-refractivity contribution in [3.63, 3.8) is 0 Å². The van der Waals surface area contributed by atoms with Gasteiger partial charge in [0.25, 0.3) is 5.91 Å². The van der Waals surface area contributed by atoms with Crippen molar-refractivity contribution < 1.29 is 14.3 Å². The second-order valence-electron chi connectivity index (χ2n) is 6.88. The average Bonchev–Trinajstić information content (AvgIpc) is 2.72. The normalized spacial score (nSPS) is 11.6. The fraction of sp³-hybridized carbons (Fsp3) is 0.391. The minimum Gasteiger partial charge on any atom is -0.482 e. The molecule has 1 atom stereocenters. The number of aryl methyl sites for hydroxylation is 1. The molecule has 6 heteroatoms. The van der Waals surface area contributed by atoms with Gasteiger partial charge in [-0.1, -0.05) is 61.8 Å². The second kappa shape index (κ2) is 11.5. The van der Waals surface area contributed by atoms with E-state index in [2.05, 4.69) is 5.32 Å². The van der Waals surface area contributed by atoms with Crippen LogP contribution in [0.15, 0.2) is 48.5 Å². The fourth-order valence-corrected chi connectivity index (χ4v) is 3.23. The molecule has 0 aromatic heterocycles. The number of benzene rings is 2. The Bertz CT molecular complexity index is 825. The van der Waals surface area contributed by atoms with Crippen LogP contribution in [0.5, 0.6) is 5.75 Å². The molecule has 0 spiro atoms. The lowest BCUT2D eigenvalue weighted by Gasteiger charge is -2.31. The van der Waals surface area contributed by atoms with Crippen LogP contribution in [0, 0.1) is 6.92 Å². The molecular formula is C23H29ClN2O3. The lowest BCUT2D eigenvalue weighted by Crippen LogP contribution is -2.50. The molecule has 29 heavy (non-hydrogen) atoms. The number of halogens is 1. The fourth-order valence-electron chi connectivity index (χ4n) is 3.04. The summed E-state index contributed by atoms with van der Waals surface area (Å²) in [6.45, 7) is 6.63. The van der Waals surface area contributed by atoms with Crippen molar-refractivity contribution >= 4 is 23.4 Å². The first-order chi connectivity index (χ1) is 14.0. The molecule has 0 fully saturated rings. The Hall–Kier alpha value is -2.53. The van der Waals surface area contributed by atoms with E-state index >= 15 is 0 Å². The van der Waals surface area contributed by atoms with Crippen LogP contribution in [-0.4, -0.2) is 35.9 Å². The first kappa shape index (κ1) is 22.8. The molecule has 2 amide bonds. The minimum absolute atomic E-state index is 0.144. The molecule has 0 saturated heterocycles. The zero-order valence-corrected chi connectivity index (χ0v) is 18.0. The Balaban J connectivity index is 2.22. The number of hydrogen-bond donors (Lipinski definition) is 1. The Morgan fingerprint density at radius 3 is 2.45 bits per heavy atom. The lowest BCUT2D eigenvalue weighted by molar-refractivity contribution is -0.143. The number of nitrogens with one attached hydrogen (secondary N) is 1. The molecule has 0 unspecified atom stereocenters. The highest BCUT2D eigenvalue weighted by molar-refractivity contribution is 6.32. The van der Waals surface area contributed by atoms with Gasteiger partial charge < -0.3 is 15.0 Å². The molecule has 156 valence electrons. The largest absolute Gasteiger partial charge is 0.482 e. The molecule has 1 N–H and O–H groups in total. The predicted molar refractivity (Wildman–Crippen MR) is 116 cm³/mol. The molecule has 2 aromatic rings. The maximum atomic E-state index is 13.1. The van der Waals surface area contributed by atoms with Gasteiger partial charge in [0, 0.05) is 13.1 Å². The number of amides is 2.